The highest BCUT2D eigenvalue weighted by Gasteiger charge is 2.30. The van der Waals surface area contributed by atoms with E-state index in [4.69, 9.17) is 0 Å². The molecule has 1 atom stereocenters. The van der Waals surface area contributed by atoms with Gasteiger partial charge in [-0.2, -0.15) is 5.10 Å². The van der Waals surface area contributed by atoms with E-state index in [2.05, 4.69) is 27.3 Å². The zero-order valence-electron chi connectivity index (χ0n) is 14.8. The zero-order valence-corrected chi connectivity index (χ0v) is 14.8. The van der Waals surface area contributed by atoms with Crippen molar-refractivity contribution in [1.29, 1.82) is 0 Å². The lowest BCUT2D eigenvalue weighted by atomic mass is 9.98. The van der Waals surface area contributed by atoms with Crippen molar-refractivity contribution in [2.45, 2.75) is 50.6 Å². The van der Waals surface area contributed by atoms with E-state index in [0.29, 0.717) is 24.6 Å². The van der Waals surface area contributed by atoms with Gasteiger partial charge in [-0.05, 0) is 52.4 Å². The Kier molecular flexibility index (Phi) is 5.50. The molecule has 0 unspecified atom stereocenters. The Morgan fingerprint density at radius 2 is 1.88 bits per heavy atom. The van der Waals surface area contributed by atoms with E-state index in [0.717, 1.165) is 39.0 Å². The molecule has 0 radical (unpaired) electrons. The average Bonchev–Trinajstić information content (AvgIpc) is 2.58. The first kappa shape index (κ1) is 17.4. The third kappa shape index (κ3) is 4.13. The lowest BCUT2D eigenvalue weighted by Gasteiger charge is -2.41. The molecule has 1 N–H and O–H groups in total. The molecule has 2 fully saturated rings. The first-order chi connectivity index (χ1) is 11.5. The van der Waals surface area contributed by atoms with Crippen molar-refractivity contribution in [3.8, 4) is 0 Å². The Balaban J connectivity index is 1.53. The number of nitrogens with one attached hydrogen (secondary N) is 1. The second-order valence-corrected chi connectivity index (χ2v) is 7.31. The Labute approximate surface area is 144 Å². The van der Waals surface area contributed by atoms with E-state index in [1.54, 1.807) is 7.05 Å². The molecule has 134 valence electrons. The van der Waals surface area contributed by atoms with Crippen LogP contribution in [0.4, 0.5) is 0 Å². The lowest BCUT2D eigenvalue weighted by Crippen LogP contribution is -2.54. The lowest BCUT2D eigenvalue weighted by molar-refractivity contribution is -0.130. The maximum absolute atomic E-state index is 12.4. The molecule has 0 spiro atoms. The Hall–Kier alpha value is -1.47. The van der Waals surface area contributed by atoms with Crippen molar-refractivity contribution in [3.63, 3.8) is 0 Å². The van der Waals surface area contributed by atoms with Crippen molar-refractivity contribution >= 4 is 17.5 Å². The standard InChI is InChI=1S/C17H29N5O2/c1-20-10-7-14(8-11-20)22-9-3-4-13(12-22)18-17(24)15-5-6-16(23)21(2)19-15/h13-14H,3-12H2,1-2H3,(H,18,24)/t13-/m1/s1. The fourth-order valence-corrected chi connectivity index (χ4v) is 3.92. The molecule has 2 amide bonds. The number of likely N-dealkylation sites (tertiary alicyclic amines) is 2. The third-order valence-corrected chi connectivity index (χ3v) is 5.46. The number of carbonyl (C=O) groups excluding carboxylic acids is 2. The maximum Gasteiger partial charge on any atom is 0.267 e. The molecule has 0 aliphatic carbocycles. The number of carbonyl (C=O) groups is 2. The summed E-state index contributed by atoms with van der Waals surface area (Å²) in [6, 6.07) is 0.841. The van der Waals surface area contributed by atoms with Gasteiger partial charge in [0.05, 0.1) is 0 Å². The van der Waals surface area contributed by atoms with Gasteiger partial charge in [-0.3, -0.25) is 14.5 Å². The highest BCUT2D eigenvalue weighted by atomic mass is 16.2. The van der Waals surface area contributed by atoms with Gasteiger partial charge >= 0.3 is 0 Å². The molecule has 0 saturated carbocycles. The van der Waals surface area contributed by atoms with E-state index < -0.39 is 0 Å². The summed E-state index contributed by atoms with van der Waals surface area (Å²) in [4.78, 5) is 28.9. The number of nitrogens with zero attached hydrogens (tertiary/aromatic N) is 4. The van der Waals surface area contributed by atoms with Crippen LogP contribution in [0.15, 0.2) is 5.10 Å². The molecular formula is C17H29N5O2. The Bertz CT molecular complexity index is 513. The largest absolute Gasteiger partial charge is 0.347 e. The van der Waals surface area contributed by atoms with Crippen LogP contribution in [0.1, 0.15) is 38.5 Å². The summed E-state index contributed by atoms with van der Waals surface area (Å²) < 4.78 is 0. The fraction of sp³-hybridized carbons (Fsp3) is 0.824. The van der Waals surface area contributed by atoms with Crippen LogP contribution in [0.25, 0.3) is 0 Å². The van der Waals surface area contributed by atoms with E-state index >= 15 is 0 Å². The third-order valence-electron chi connectivity index (χ3n) is 5.46. The SMILES string of the molecule is CN1CCC(N2CCC[C@@H](NC(=O)C3=NN(C)C(=O)CC3)C2)CC1. The molecule has 0 aromatic heterocycles. The normalized spacial score (nSPS) is 27.9. The molecule has 7 heteroatoms. The molecule has 7 nitrogen and oxygen atoms in total. The zero-order chi connectivity index (χ0) is 17.1. The van der Waals surface area contributed by atoms with Gasteiger partial charge in [0.1, 0.15) is 5.71 Å². The highest BCUT2D eigenvalue weighted by molar-refractivity contribution is 6.39. The molecule has 3 heterocycles. The maximum atomic E-state index is 12.4. The summed E-state index contributed by atoms with van der Waals surface area (Å²) >= 11 is 0. The van der Waals surface area contributed by atoms with Crippen molar-refractivity contribution in [3.05, 3.63) is 0 Å². The van der Waals surface area contributed by atoms with Crippen LogP contribution in [-0.2, 0) is 9.59 Å². The van der Waals surface area contributed by atoms with Gasteiger partial charge in [0.25, 0.3) is 5.91 Å². The molecule has 0 aromatic rings. The molecule has 3 aliphatic heterocycles. The van der Waals surface area contributed by atoms with Crippen LogP contribution >= 0.6 is 0 Å². The molecule has 0 aromatic carbocycles. The van der Waals surface area contributed by atoms with Crippen LogP contribution in [0.2, 0.25) is 0 Å². The number of hydrogen-bond acceptors (Lipinski definition) is 5. The fourth-order valence-electron chi connectivity index (χ4n) is 3.92. The van der Waals surface area contributed by atoms with Gasteiger partial charge in [-0.1, -0.05) is 0 Å². The predicted molar refractivity (Wildman–Crippen MR) is 92.7 cm³/mol. The van der Waals surface area contributed by atoms with Crippen molar-refractivity contribution < 1.29 is 9.59 Å². The van der Waals surface area contributed by atoms with Gasteiger partial charge in [-0.15, -0.1) is 0 Å². The monoisotopic (exact) mass is 335 g/mol. The van der Waals surface area contributed by atoms with Crippen LogP contribution in [0, 0.1) is 0 Å². The quantitative estimate of drug-likeness (QED) is 0.804. The van der Waals surface area contributed by atoms with Crippen LogP contribution in [-0.4, -0.2) is 84.7 Å². The number of hydrazone groups is 1. The van der Waals surface area contributed by atoms with Gasteiger partial charge < -0.3 is 10.2 Å². The number of amides is 2. The summed E-state index contributed by atoms with van der Waals surface area (Å²) in [7, 11) is 3.79. The van der Waals surface area contributed by atoms with Crippen molar-refractivity contribution in [2.24, 2.45) is 5.10 Å². The van der Waals surface area contributed by atoms with E-state index in [1.807, 2.05) is 0 Å². The minimum atomic E-state index is -0.107. The summed E-state index contributed by atoms with van der Waals surface area (Å²) in [6.07, 6.45) is 5.40. The number of piperidine rings is 2. The van der Waals surface area contributed by atoms with Crippen LogP contribution < -0.4 is 5.32 Å². The highest BCUT2D eigenvalue weighted by Crippen LogP contribution is 2.20. The molecular weight excluding hydrogens is 306 g/mol. The molecule has 2 saturated heterocycles. The summed E-state index contributed by atoms with van der Waals surface area (Å²) in [6.45, 7) is 4.39. The molecule has 3 aliphatic rings. The van der Waals surface area contributed by atoms with Gasteiger partial charge in [0.15, 0.2) is 0 Å². The van der Waals surface area contributed by atoms with E-state index in [9.17, 15) is 9.59 Å². The van der Waals surface area contributed by atoms with Crippen LogP contribution in [0.3, 0.4) is 0 Å². The average molecular weight is 335 g/mol. The molecule has 24 heavy (non-hydrogen) atoms. The first-order valence-corrected chi connectivity index (χ1v) is 9.10. The van der Waals surface area contributed by atoms with Gasteiger partial charge in [0.2, 0.25) is 5.91 Å². The summed E-state index contributed by atoms with van der Waals surface area (Å²) in [5.41, 5.74) is 0.480. The first-order valence-electron chi connectivity index (χ1n) is 9.10. The van der Waals surface area contributed by atoms with Crippen molar-refractivity contribution in [2.75, 3.05) is 40.3 Å². The molecule has 3 rings (SSSR count). The second kappa shape index (κ2) is 7.61. The van der Waals surface area contributed by atoms with Gasteiger partial charge in [0, 0.05) is 38.5 Å². The summed E-state index contributed by atoms with van der Waals surface area (Å²) in [5.74, 6) is -0.137. The van der Waals surface area contributed by atoms with E-state index in [-0.39, 0.29) is 17.9 Å². The minimum Gasteiger partial charge on any atom is -0.347 e. The topological polar surface area (TPSA) is 68.2 Å². The Morgan fingerprint density at radius 1 is 1.12 bits per heavy atom. The second-order valence-electron chi connectivity index (χ2n) is 7.31. The van der Waals surface area contributed by atoms with Crippen molar-refractivity contribution in [1.82, 2.24) is 20.1 Å². The molecule has 0 bridgehead atoms. The Morgan fingerprint density at radius 3 is 2.58 bits per heavy atom. The number of rotatable bonds is 3. The smallest absolute Gasteiger partial charge is 0.267 e. The van der Waals surface area contributed by atoms with Crippen LogP contribution in [0.5, 0.6) is 0 Å². The predicted octanol–water partition coefficient (Wildman–Crippen LogP) is 0.269. The van der Waals surface area contributed by atoms with Gasteiger partial charge in [-0.25, -0.2) is 5.01 Å². The number of hydrogen-bond donors (Lipinski definition) is 1. The minimum absolute atomic E-state index is 0.0299. The van der Waals surface area contributed by atoms with E-state index in [1.165, 1.54) is 17.9 Å². The summed E-state index contributed by atoms with van der Waals surface area (Å²) in [5, 5.41) is 8.54.